The molecule has 2 aromatic heterocycles. The van der Waals surface area contributed by atoms with Gasteiger partial charge < -0.3 is 10.1 Å². The smallest absolute Gasteiger partial charge is 0.267 e. The van der Waals surface area contributed by atoms with E-state index in [1.807, 2.05) is 35.7 Å². The molecular formula is C19H19N3O3S2. The zero-order chi connectivity index (χ0) is 19.1. The number of methoxy groups -OCH3 is 1. The number of aromatic nitrogens is 1. The van der Waals surface area contributed by atoms with Crippen LogP contribution < -0.4 is 15.4 Å². The maximum atomic E-state index is 12.1. The number of amides is 2. The van der Waals surface area contributed by atoms with Crippen LogP contribution in [0, 0.1) is 0 Å². The summed E-state index contributed by atoms with van der Waals surface area (Å²) >= 11 is 2.68. The third-order valence-electron chi connectivity index (χ3n) is 3.73. The molecule has 0 spiro atoms. The summed E-state index contributed by atoms with van der Waals surface area (Å²) in [4.78, 5) is 29.0. The summed E-state index contributed by atoms with van der Waals surface area (Å²) < 4.78 is 5.19. The Bertz CT molecular complexity index is 907. The number of hydrogen-bond donors (Lipinski definition) is 2. The number of nitrogens with zero attached hydrogens (tertiary/aromatic N) is 1. The first-order valence-electron chi connectivity index (χ1n) is 8.33. The number of carbonyl (C=O) groups excluding carboxylic acids is 2. The lowest BCUT2D eigenvalue weighted by atomic mass is 10.1. The van der Waals surface area contributed by atoms with E-state index < -0.39 is 0 Å². The molecule has 8 heteroatoms. The van der Waals surface area contributed by atoms with Crippen molar-refractivity contribution in [3.05, 3.63) is 63.3 Å². The van der Waals surface area contributed by atoms with Crippen molar-refractivity contribution in [2.24, 2.45) is 0 Å². The second kappa shape index (κ2) is 9.29. The molecule has 27 heavy (non-hydrogen) atoms. The number of ether oxygens (including phenoxy) is 1. The minimum Gasteiger partial charge on any atom is -0.497 e. The van der Waals surface area contributed by atoms with Crippen LogP contribution >= 0.6 is 22.7 Å². The van der Waals surface area contributed by atoms with Crippen molar-refractivity contribution in [2.75, 3.05) is 19.0 Å². The van der Waals surface area contributed by atoms with Crippen LogP contribution in [0.25, 0.3) is 0 Å². The van der Waals surface area contributed by atoms with E-state index in [9.17, 15) is 9.59 Å². The average Bonchev–Trinajstić information content (AvgIpc) is 3.34. The molecule has 2 amide bonds. The van der Waals surface area contributed by atoms with Crippen LogP contribution in [0.2, 0.25) is 0 Å². The van der Waals surface area contributed by atoms with Crippen LogP contribution in [0.15, 0.2) is 47.2 Å². The minimum absolute atomic E-state index is 0.0978. The van der Waals surface area contributed by atoms with Crippen molar-refractivity contribution in [3.8, 4) is 5.75 Å². The molecule has 2 N–H and O–H groups in total. The molecule has 3 aromatic rings. The highest BCUT2D eigenvalue weighted by atomic mass is 32.1. The van der Waals surface area contributed by atoms with Crippen LogP contribution in [0.3, 0.4) is 0 Å². The van der Waals surface area contributed by atoms with E-state index in [2.05, 4.69) is 15.6 Å². The summed E-state index contributed by atoms with van der Waals surface area (Å²) in [6.45, 7) is 0.540. The van der Waals surface area contributed by atoms with Crippen LogP contribution in [-0.4, -0.2) is 30.5 Å². The lowest BCUT2D eigenvalue weighted by Gasteiger charge is -2.06. The molecule has 0 fully saturated rings. The van der Waals surface area contributed by atoms with Crippen molar-refractivity contribution in [1.82, 2.24) is 10.3 Å². The molecule has 0 aliphatic rings. The fourth-order valence-corrected chi connectivity index (χ4v) is 3.74. The molecule has 0 unspecified atom stereocenters. The standard InChI is InChI=1S/C19H19N3O3S2/c1-25-15-5-2-4-13(10-15)7-8-20-17(23)11-14-12-27-19(21-14)22-18(24)16-6-3-9-26-16/h2-6,9-10,12H,7-8,11H2,1H3,(H,20,23)(H,21,22,24). The minimum atomic E-state index is -0.186. The van der Waals surface area contributed by atoms with E-state index in [1.54, 1.807) is 18.6 Å². The third kappa shape index (κ3) is 5.63. The number of anilines is 1. The van der Waals surface area contributed by atoms with Gasteiger partial charge in [0, 0.05) is 11.9 Å². The van der Waals surface area contributed by atoms with E-state index in [0.29, 0.717) is 22.2 Å². The summed E-state index contributed by atoms with van der Waals surface area (Å²) in [6, 6.07) is 11.3. The maximum absolute atomic E-state index is 12.1. The molecule has 2 heterocycles. The number of benzene rings is 1. The Kier molecular flexibility index (Phi) is 6.56. The number of rotatable bonds is 8. The van der Waals surface area contributed by atoms with Crippen molar-refractivity contribution >= 4 is 39.6 Å². The lowest BCUT2D eigenvalue weighted by Crippen LogP contribution is -2.27. The number of carbonyl (C=O) groups is 2. The topological polar surface area (TPSA) is 80.3 Å². The highest BCUT2D eigenvalue weighted by Gasteiger charge is 2.11. The van der Waals surface area contributed by atoms with Gasteiger partial charge in [-0.1, -0.05) is 18.2 Å². The van der Waals surface area contributed by atoms with Crippen molar-refractivity contribution in [1.29, 1.82) is 0 Å². The first-order chi connectivity index (χ1) is 13.1. The van der Waals surface area contributed by atoms with E-state index in [1.165, 1.54) is 22.7 Å². The van der Waals surface area contributed by atoms with E-state index in [4.69, 9.17) is 4.74 Å². The number of thiazole rings is 1. The van der Waals surface area contributed by atoms with Crippen molar-refractivity contribution in [2.45, 2.75) is 12.8 Å². The van der Waals surface area contributed by atoms with Crippen molar-refractivity contribution < 1.29 is 14.3 Å². The molecule has 0 bridgehead atoms. The van der Waals surface area contributed by atoms with Crippen molar-refractivity contribution in [3.63, 3.8) is 0 Å². The predicted octanol–water partition coefficient (Wildman–Crippen LogP) is 3.37. The largest absolute Gasteiger partial charge is 0.497 e. The Balaban J connectivity index is 1.44. The Labute approximate surface area is 165 Å². The molecule has 0 atom stereocenters. The third-order valence-corrected chi connectivity index (χ3v) is 5.40. The van der Waals surface area contributed by atoms with Gasteiger partial charge in [-0.15, -0.1) is 22.7 Å². The van der Waals surface area contributed by atoms with Gasteiger partial charge in [0.1, 0.15) is 5.75 Å². The Morgan fingerprint density at radius 3 is 2.85 bits per heavy atom. The zero-order valence-corrected chi connectivity index (χ0v) is 16.4. The van der Waals surface area contributed by atoms with Crippen LogP contribution in [-0.2, 0) is 17.6 Å². The monoisotopic (exact) mass is 401 g/mol. The van der Waals surface area contributed by atoms with Gasteiger partial charge in [-0.25, -0.2) is 4.98 Å². The van der Waals surface area contributed by atoms with Gasteiger partial charge >= 0.3 is 0 Å². The zero-order valence-electron chi connectivity index (χ0n) is 14.7. The summed E-state index contributed by atoms with van der Waals surface area (Å²) in [5.74, 6) is 0.520. The molecule has 0 aliphatic heterocycles. The van der Waals surface area contributed by atoms with E-state index in [-0.39, 0.29) is 18.2 Å². The Hall–Kier alpha value is -2.71. The van der Waals surface area contributed by atoms with Gasteiger partial charge in [-0.05, 0) is 35.6 Å². The SMILES string of the molecule is COc1cccc(CCNC(=O)Cc2csc(NC(=O)c3cccs3)n2)c1. The molecular weight excluding hydrogens is 382 g/mol. The van der Waals surface area contributed by atoms with Crippen LogP contribution in [0.4, 0.5) is 5.13 Å². The molecule has 0 saturated carbocycles. The number of nitrogens with one attached hydrogen (secondary N) is 2. The van der Waals surface area contributed by atoms with Gasteiger partial charge in [-0.3, -0.25) is 14.9 Å². The maximum Gasteiger partial charge on any atom is 0.267 e. The van der Waals surface area contributed by atoms with E-state index >= 15 is 0 Å². The highest BCUT2D eigenvalue weighted by Crippen LogP contribution is 2.18. The first-order valence-corrected chi connectivity index (χ1v) is 10.1. The van der Waals surface area contributed by atoms with Crippen LogP contribution in [0.5, 0.6) is 5.75 Å². The average molecular weight is 402 g/mol. The normalized spacial score (nSPS) is 10.4. The summed E-state index contributed by atoms with van der Waals surface area (Å²) in [6.07, 6.45) is 0.908. The number of thiophene rings is 1. The summed E-state index contributed by atoms with van der Waals surface area (Å²) in [7, 11) is 1.63. The summed E-state index contributed by atoms with van der Waals surface area (Å²) in [5, 5.41) is 9.76. The summed E-state index contributed by atoms with van der Waals surface area (Å²) in [5.41, 5.74) is 1.74. The predicted molar refractivity (Wildman–Crippen MR) is 108 cm³/mol. The first kappa shape index (κ1) is 19.1. The molecule has 0 saturated heterocycles. The number of hydrogen-bond acceptors (Lipinski definition) is 6. The molecule has 3 rings (SSSR count). The van der Waals surface area contributed by atoms with E-state index in [0.717, 1.165) is 17.7 Å². The lowest BCUT2D eigenvalue weighted by molar-refractivity contribution is -0.120. The molecule has 1 aromatic carbocycles. The van der Waals surface area contributed by atoms with Gasteiger partial charge in [0.25, 0.3) is 5.91 Å². The quantitative estimate of drug-likeness (QED) is 0.606. The Morgan fingerprint density at radius 2 is 2.07 bits per heavy atom. The fourth-order valence-electron chi connectivity index (χ4n) is 2.41. The van der Waals surface area contributed by atoms with Gasteiger partial charge in [0.15, 0.2) is 5.13 Å². The molecule has 140 valence electrons. The van der Waals surface area contributed by atoms with Gasteiger partial charge in [-0.2, -0.15) is 0 Å². The fraction of sp³-hybridized carbons (Fsp3) is 0.211. The van der Waals surface area contributed by atoms with Crippen LogP contribution in [0.1, 0.15) is 20.9 Å². The molecule has 6 nitrogen and oxygen atoms in total. The molecule has 0 aliphatic carbocycles. The van der Waals surface area contributed by atoms with Gasteiger partial charge in [0.05, 0.1) is 24.1 Å². The second-order valence-electron chi connectivity index (χ2n) is 5.70. The second-order valence-corrected chi connectivity index (χ2v) is 7.51. The van der Waals surface area contributed by atoms with Gasteiger partial charge in [0.2, 0.25) is 5.91 Å². The molecule has 0 radical (unpaired) electrons. The highest BCUT2D eigenvalue weighted by molar-refractivity contribution is 7.14. The Morgan fingerprint density at radius 1 is 1.19 bits per heavy atom.